The first-order valence-electron chi connectivity index (χ1n) is 3.35. The molecule has 0 unspecified atom stereocenters. The fourth-order valence-corrected chi connectivity index (χ4v) is 1.57. The summed E-state index contributed by atoms with van der Waals surface area (Å²) in [5, 5.41) is 3.18. The van der Waals surface area contributed by atoms with Gasteiger partial charge >= 0.3 is 29.6 Å². The van der Waals surface area contributed by atoms with Crippen molar-refractivity contribution in [2.45, 2.75) is 4.90 Å². The fourth-order valence-electron chi connectivity index (χ4n) is 0.902. The molecule has 0 amide bonds. The van der Waals surface area contributed by atoms with Gasteiger partial charge in [-0.25, -0.2) is 0 Å². The van der Waals surface area contributed by atoms with E-state index in [9.17, 15) is 8.42 Å². The zero-order valence-corrected chi connectivity index (χ0v) is 10.4. The van der Waals surface area contributed by atoms with Crippen LogP contribution in [0.3, 0.4) is 0 Å². The minimum absolute atomic E-state index is 0. The van der Waals surface area contributed by atoms with Crippen LogP contribution in [0.1, 0.15) is 5.56 Å². The molecule has 1 rings (SSSR count). The maximum Gasteiger partial charge on any atom is 1.00 e. The quantitative estimate of drug-likeness (QED) is 0.187. The van der Waals surface area contributed by atoms with Gasteiger partial charge in [0.2, 0.25) is 0 Å². The average Bonchev–Trinajstić information content (AvgIpc) is 2.04. The third kappa shape index (κ3) is 3.39. The van der Waals surface area contributed by atoms with Crippen molar-refractivity contribution in [1.82, 2.24) is 0 Å². The van der Waals surface area contributed by atoms with Gasteiger partial charge in [0.15, 0.2) is 0 Å². The maximum atomic E-state index is 10.8. The number of hydrazone groups is 1. The van der Waals surface area contributed by atoms with E-state index < -0.39 is 10.1 Å². The summed E-state index contributed by atoms with van der Waals surface area (Å²) in [5.41, 5.74) is 0.257. The van der Waals surface area contributed by atoms with Crippen molar-refractivity contribution in [3.8, 4) is 0 Å². The first-order valence-corrected chi connectivity index (χ1v) is 4.79. The van der Waals surface area contributed by atoms with E-state index in [1.165, 1.54) is 18.2 Å². The van der Waals surface area contributed by atoms with E-state index in [4.69, 9.17) is 10.4 Å². The van der Waals surface area contributed by atoms with Crippen molar-refractivity contribution in [2.75, 3.05) is 0 Å². The molecular weight excluding hydrogens is 215 g/mol. The summed E-state index contributed by atoms with van der Waals surface area (Å²) < 4.78 is 30.3. The zero-order valence-electron chi connectivity index (χ0n) is 7.58. The molecule has 70 valence electrons. The molecule has 14 heavy (non-hydrogen) atoms. The Hall–Kier alpha value is -0.400. The second kappa shape index (κ2) is 5.47. The first kappa shape index (κ1) is 13.6. The number of nitrogens with zero attached hydrogens (tertiary/aromatic N) is 1. The SMILES string of the molecule is N/N=C/c1ccccc1S(=O)(=O)O.[Na+]. The van der Waals surface area contributed by atoms with Crippen LogP contribution < -0.4 is 35.4 Å². The van der Waals surface area contributed by atoms with Crippen molar-refractivity contribution >= 4 is 16.3 Å². The third-order valence-electron chi connectivity index (χ3n) is 1.41. The molecule has 0 aliphatic rings. The molecule has 0 spiro atoms. The number of hydrogen-bond donors (Lipinski definition) is 2. The van der Waals surface area contributed by atoms with Gasteiger partial charge in [-0.3, -0.25) is 4.55 Å². The second-order valence-electron chi connectivity index (χ2n) is 2.29. The van der Waals surface area contributed by atoms with Crippen molar-refractivity contribution in [2.24, 2.45) is 10.9 Å². The van der Waals surface area contributed by atoms with Gasteiger partial charge in [0.25, 0.3) is 10.1 Å². The summed E-state index contributed by atoms with van der Waals surface area (Å²) in [6.07, 6.45) is 1.16. The number of benzene rings is 1. The van der Waals surface area contributed by atoms with Crippen molar-refractivity contribution < 1.29 is 42.5 Å². The van der Waals surface area contributed by atoms with E-state index in [0.717, 1.165) is 6.21 Å². The van der Waals surface area contributed by atoms with Gasteiger partial charge < -0.3 is 5.84 Å². The van der Waals surface area contributed by atoms with Gasteiger partial charge in [-0.2, -0.15) is 13.5 Å². The van der Waals surface area contributed by atoms with E-state index in [1.54, 1.807) is 6.07 Å². The van der Waals surface area contributed by atoms with Crippen LogP contribution in [0.4, 0.5) is 0 Å². The van der Waals surface area contributed by atoms with Gasteiger partial charge in [0.05, 0.1) is 6.21 Å². The zero-order chi connectivity index (χ0) is 9.90. The Morgan fingerprint density at radius 3 is 2.43 bits per heavy atom. The van der Waals surface area contributed by atoms with E-state index >= 15 is 0 Å². The Labute approximate surface area is 104 Å². The van der Waals surface area contributed by atoms with Crippen LogP contribution in [0.5, 0.6) is 0 Å². The topological polar surface area (TPSA) is 92.8 Å². The van der Waals surface area contributed by atoms with Crippen LogP contribution in [0, 0.1) is 0 Å². The molecule has 0 bridgehead atoms. The molecular formula is C7H8N2NaO3S+. The Kier molecular flexibility index (Phi) is 5.32. The maximum absolute atomic E-state index is 10.8. The Morgan fingerprint density at radius 2 is 1.93 bits per heavy atom. The Morgan fingerprint density at radius 1 is 1.36 bits per heavy atom. The monoisotopic (exact) mass is 223 g/mol. The molecule has 1 aromatic rings. The van der Waals surface area contributed by atoms with E-state index in [2.05, 4.69) is 5.10 Å². The van der Waals surface area contributed by atoms with Crippen LogP contribution in [-0.2, 0) is 10.1 Å². The summed E-state index contributed by atoms with van der Waals surface area (Å²) in [5.74, 6) is 4.87. The minimum Gasteiger partial charge on any atom is -0.323 e. The second-order valence-corrected chi connectivity index (χ2v) is 3.68. The van der Waals surface area contributed by atoms with Crippen LogP contribution in [0.2, 0.25) is 0 Å². The molecule has 0 atom stereocenters. The van der Waals surface area contributed by atoms with E-state index in [1.807, 2.05) is 0 Å². The summed E-state index contributed by atoms with van der Waals surface area (Å²) in [6, 6.07) is 5.87. The largest absolute Gasteiger partial charge is 1.00 e. The van der Waals surface area contributed by atoms with Crippen LogP contribution >= 0.6 is 0 Å². The Bertz CT molecular complexity index is 430. The van der Waals surface area contributed by atoms with Gasteiger partial charge in [0, 0.05) is 5.56 Å². The van der Waals surface area contributed by atoms with E-state index in [0.29, 0.717) is 0 Å². The van der Waals surface area contributed by atoms with Crippen molar-refractivity contribution in [3.05, 3.63) is 29.8 Å². The smallest absolute Gasteiger partial charge is 0.323 e. The third-order valence-corrected chi connectivity index (χ3v) is 2.34. The molecule has 1 aromatic carbocycles. The average molecular weight is 223 g/mol. The molecule has 7 heteroatoms. The van der Waals surface area contributed by atoms with Gasteiger partial charge in [0.1, 0.15) is 4.90 Å². The summed E-state index contributed by atoms with van der Waals surface area (Å²) in [7, 11) is -4.20. The number of hydrogen-bond acceptors (Lipinski definition) is 4. The van der Waals surface area contributed by atoms with Crippen molar-refractivity contribution in [1.29, 1.82) is 0 Å². The first-order chi connectivity index (χ1) is 6.05. The molecule has 0 saturated carbocycles. The van der Waals surface area contributed by atoms with Crippen molar-refractivity contribution in [3.63, 3.8) is 0 Å². The fraction of sp³-hybridized carbons (Fsp3) is 0. The van der Waals surface area contributed by atoms with Gasteiger partial charge in [-0.15, -0.1) is 0 Å². The summed E-state index contributed by atoms with van der Waals surface area (Å²) in [4.78, 5) is -0.204. The molecule has 0 radical (unpaired) electrons. The molecule has 0 aliphatic heterocycles. The van der Waals surface area contributed by atoms with Gasteiger partial charge in [-0.05, 0) is 6.07 Å². The standard InChI is InChI=1S/C7H8N2O3S.Na/c8-9-5-6-3-1-2-4-7(6)13(10,11)12;/h1-5H,8H2,(H,10,11,12);/q;+1/b9-5+;. The van der Waals surface area contributed by atoms with Gasteiger partial charge in [-0.1, -0.05) is 18.2 Å². The molecule has 0 aliphatic carbocycles. The molecule has 0 heterocycles. The normalized spacial score (nSPS) is 11.2. The molecule has 3 N–H and O–H groups in total. The Balaban J connectivity index is 0.00000169. The number of rotatable bonds is 2. The van der Waals surface area contributed by atoms with Crippen LogP contribution in [0.25, 0.3) is 0 Å². The molecule has 0 saturated heterocycles. The van der Waals surface area contributed by atoms with E-state index in [-0.39, 0.29) is 40.0 Å². The summed E-state index contributed by atoms with van der Waals surface area (Å²) >= 11 is 0. The predicted molar refractivity (Wildman–Crippen MR) is 48.0 cm³/mol. The van der Waals surface area contributed by atoms with Crippen LogP contribution in [-0.4, -0.2) is 19.2 Å². The molecule has 0 fully saturated rings. The van der Waals surface area contributed by atoms with Crippen LogP contribution in [0.15, 0.2) is 34.3 Å². The molecule has 0 aromatic heterocycles. The number of nitrogens with two attached hydrogens (primary N) is 1. The molecule has 5 nitrogen and oxygen atoms in total. The minimum atomic E-state index is -4.20. The summed E-state index contributed by atoms with van der Waals surface area (Å²) in [6.45, 7) is 0. The predicted octanol–water partition coefficient (Wildman–Crippen LogP) is -2.77.